The van der Waals surface area contributed by atoms with Gasteiger partial charge in [-0.25, -0.2) is 4.39 Å². The molecule has 0 N–H and O–H groups in total. The van der Waals surface area contributed by atoms with Crippen LogP contribution in [-0.4, -0.2) is 37.0 Å². The van der Waals surface area contributed by atoms with Crippen molar-refractivity contribution >= 4 is 23.2 Å². The van der Waals surface area contributed by atoms with Crippen LogP contribution in [0, 0.1) is 11.7 Å². The van der Waals surface area contributed by atoms with E-state index in [1.165, 1.54) is 30.6 Å². The van der Waals surface area contributed by atoms with Crippen LogP contribution in [0.5, 0.6) is 0 Å². The Bertz CT molecular complexity index is 733. The topological polar surface area (TPSA) is 46.6 Å². The number of amides is 1. The van der Waals surface area contributed by atoms with Gasteiger partial charge in [-0.1, -0.05) is 12.1 Å². The number of piperidine rings is 1. The van der Waals surface area contributed by atoms with E-state index in [1.54, 1.807) is 17.0 Å². The van der Waals surface area contributed by atoms with E-state index in [4.69, 9.17) is 4.74 Å². The Hall–Kier alpha value is -2.21. The number of nitrogens with zero attached hydrogens (tertiary/aromatic N) is 1. The molecule has 3 rings (SSSR count). The van der Waals surface area contributed by atoms with Gasteiger partial charge in [0.1, 0.15) is 5.82 Å². The number of carbonyl (C=O) groups is 2. The maximum atomic E-state index is 13.1. The molecule has 1 aliphatic rings. The highest BCUT2D eigenvalue weighted by Crippen LogP contribution is 2.31. The number of halogens is 1. The summed E-state index contributed by atoms with van der Waals surface area (Å²) in [6, 6.07) is 8.02. The van der Waals surface area contributed by atoms with Crippen molar-refractivity contribution in [3.05, 3.63) is 46.4 Å². The van der Waals surface area contributed by atoms with E-state index in [-0.39, 0.29) is 23.6 Å². The molecule has 0 bridgehead atoms. The second-order valence-electron chi connectivity index (χ2n) is 5.76. The highest BCUT2D eigenvalue weighted by atomic mass is 32.1. The van der Waals surface area contributed by atoms with E-state index in [9.17, 15) is 14.0 Å². The van der Waals surface area contributed by atoms with Crippen molar-refractivity contribution in [1.82, 2.24) is 4.90 Å². The summed E-state index contributed by atoms with van der Waals surface area (Å²) in [5.41, 5.74) is 1.64. The van der Waals surface area contributed by atoms with Gasteiger partial charge in [0, 0.05) is 18.7 Å². The fraction of sp³-hybridized carbons (Fsp3) is 0.333. The molecule has 1 aromatic carbocycles. The summed E-state index contributed by atoms with van der Waals surface area (Å²) in [4.78, 5) is 26.8. The summed E-state index contributed by atoms with van der Waals surface area (Å²) in [5, 5.41) is 1.87. The molecule has 1 fully saturated rings. The van der Waals surface area contributed by atoms with Crippen LogP contribution in [-0.2, 0) is 9.53 Å². The average molecular weight is 347 g/mol. The molecule has 1 saturated heterocycles. The van der Waals surface area contributed by atoms with Crippen LogP contribution in [0.4, 0.5) is 4.39 Å². The Balaban J connectivity index is 1.74. The number of rotatable bonds is 3. The molecular formula is C18H18FNO3S. The van der Waals surface area contributed by atoms with Crippen LogP contribution in [0.1, 0.15) is 22.5 Å². The van der Waals surface area contributed by atoms with Gasteiger partial charge in [0.2, 0.25) is 0 Å². The summed E-state index contributed by atoms with van der Waals surface area (Å²) in [6.07, 6.45) is 1.24. The molecule has 1 aliphatic heterocycles. The van der Waals surface area contributed by atoms with E-state index in [1.807, 2.05) is 11.4 Å². The maximum Gasteiger partial charge on any atom is 0.308 e. The summed E-state index contributed by atoms with van der Waals surface area (Å²) >= 11 is 1.39. The molecule has 0 spiro atoms. The number of esters is 1. The van der Waals surface area contributed by atoms with Crippen molar-refractivity contribution in [2.75, 3.05) is 20.2 Å². The molecule has 1 amide bonds. The van der Waals surface area contributed by atoms with Crippen molar-refractivity contribution in [3.63, 3.8) is 0 Å². The molecule has 2 aromatic rings. The Morgan fingerprint density at radius 1 is 1.17 bits per heavy atom. The molecule has 126 valence electrons. The molecule has 0 aliphatic carbocycles. The van der Waals surface area contributed by atoms with Gasteiger partial charge in [0.25, 0.3) is 5.91 Å². The van der Waals surface area contributed by atoms with Crippen LogP contribution < -0.4 is 0 Å². The second-order valence-corrected chi connectivity index (χ2v) is 6.68. The van der Waals surface area contributed by atoms with Crippen molar-refractivity contribution in [2.45, 2.75) is 12.8 Å². The van der Waals surface area contributed by atoms with Gasteiger partial charge >= 0.3 is 5.97 Å². The number of benzene rings is 1. The number of carbonyl (C=O) groups excluding carboxylic acids is 2. The third-order valence-corrected chi connectivity index (χ3v) is 5.23. The molecule has 4 nitrogen and oxygen atoms in total. The summed E-state index contributed by atoms with van der Waals surface area (Å²) < 4.78 is 17.9. The minimum Gasteiger partial charge on any atom is -0.469 e. The number of thiophene rings is 1. The summed E-state index contributed by atoms with van der Waals surface area (Å²) in [5.74, 6) is -0.663. The van der Waals surface area contributed by atoms with E-state index in [0.29, 0.717) is 30.8 Å². The first-order valence-corrected chi connectivity index (χ1v) is 8.68. The van der Waals surface area contributed by atoms with Crippen LogP contribution in [0.3, 0.4) is 0 Å². The fourth-order valence-electron chi connectivity index (χ4n) is 2.96. The molecule has 0 atom stereocenters. The lowest BCUT2D eigenvalue weighted by Gasteiger charge is -2.30. The lowest BCUT2D eigenvalue weighted by atomic mass is 9.96. The normalized spacial score (nSPS) is 15.3. The third-order valence-electron chi connectivity index (χ3n) is 4.33. The van der Waals surface area contributed by atoms with Crippen LogP contribution in [0.15, 0.2) is 35.7 Å². The van der Waals surface area contributed by atoms with Crippen molar-refractivity contribution < 1.29 is 18.7 Å². The van der Waals surface area contributed by atoms with Crippen molar-refractivity contribution in [1.29, 1.82) is 0 Å². The van der Waals surface area contributed by atoms with E-state index >= 15 is 0 Å². The van der Waals surface area contributed by atoms with Crippen molar-refractivity contribution in [3.8, 4) is 11.1 Å². The predicted octanol–water partition coefficient (Wildman–Crippen LogP) is 3.58. The SMILES string of the molecule is COC(=O)C1CCN(C(=O)c2sccc2-c2ccc(F)cc2)CC1. The molecule has 1 aromatic heterocycles. The van der Waals surface area contributed by atoms with Gasteiger partial charge < -0.3 is 9.64 Å². The first-order valence-electron chi connectivity index (χ1n) is 7.80. The molecular weight excluding hydrogens is 329 g/mol. The zero-order valence-electron chi connectivity index (χ0n) is 13.3. The fourth-order valence-corrected chi connectivity index (χ4v) is 3.84. The Kier molecular flexibility index (Phi) is 4.94. The van der Waals surface area contributed by atoms with E-state index in [0.717, 1.165) is 11.1 Å². The highest BCUT2D eigenvalue weighted by molar-refractivity contribution is 7.12. The van der Waals surface area contributed by atoms with Gasteiger partial charge in [-0.2, -0.15) is 0 Å². The van der Waals surface area contributed by atoms with Crippen LogP contribution in [0.25, 0.3) is 11.1 Å². The standard InChI is InChI=1S/C18H18FNO3S/c1-23-18(22)13-6-9-20(10-7-13)17(21)16-15(8-11-24-16)12-2-4-14(19)5-3-12/h2-5,8,11,13H,6-7,9-10H2,1H3. The number of methoxy groups -OCH3 is 1. The highest BCUT2D eigenvalue weighted by Gasteiger charge is 2.29. The zero-order chi connectivity index (χ0) is 17.1. The van der Waals surface area contributed by atoms with Gasteiger partial charge in [-0.3, -0.25) is 9.59 Å². The zero-order valence-corrected chi connectivity index (χ0v) is 14.1. The Morgan fingerprint density at radius 3 is 2.46 bits per heavy atom. The molecule has 24 heavy (non-hydrogen) atoms. The van der Waals surface area contributed by atoms with Gasteiger partial charge in [-0.15, -0.1) is 11.3 Å². The number of hydrogen-bond donors (Lipinski definition) is 0. The monoisotopic (exact) mass is 347 g/mol. The lowest BCUT2D eigenvalue weighted by molar-refractivity contribution is -0.146. The predicted molar refractivity (Wildman–Crippen MR) is 90.4 cm³/mol. The summed E-state index contributed by atoms with van der Waals surface area (Å²) in [7, 11) is 1.39. The van der Waals surface area contributed by atoms with Gasteiger partial charge in [0.05, 0.1) is 17.9 Å². The maximum absolute atomic E-state index is 13.1. The summed E-state index contributed by atoms with van der Waals surface area (Å²) in [6.45, 7) is 1.08. The number of ether oxygens (including phenoxy) is 1. The molecule has 6 heteroatoms. The van der Waals surface area contributed by atoms with Crippen molar-refractivity contribution in [2.24, 2.45) is 5.92 Å². The third kappa shape index (κ3) is 3.33. The molecule has 0 unspecified atom stereocenters. The Labute approximate surface area is 143 Å². The lowest BCUT2D eigenvalue weighted by Crippen LogP contribution is -2.40. The van der Waals surface area contributed by atoms with E-state index < -0.39 is 0 Å². The second kappa shape index (κ2) is 7.13. The molecule has 0 radical (unpaired) electrons. The first kappa shape index (κ1) is 16.6. The van der Waals surface area contributed by atoms with Gasteiger partial charge in [0.15, 0.2) is 0 Å². The smallest absolute Gasteiger partial charge is 0.308 e. The van der Waals surface area contributed by atoms with Gasteiger partial charge in [-0.05, 0) is 42.0 Å². The number of hydrogen-bond acceptors (Lipinski definition) is 4. The Morgan fingerprint density at radius 2 is 1.83 bits per heavy atom. The van der Waals surface area contributed by atoms with E-state index in [2.05, 4.69) is 0 Å². The molecule has 2 heterocycles. The number of likely N-dealkylation sites (tertiary alicyclic amines) is 1. The average Bonchev–Trinajstić information content (AvgIpc) is 3.11. The molecule has 0 saturated carbocycles. The first-order chi connectivity index (χ1) is 11.6. The largest absolute Gasteiger partial charge is 0.469 e. The minimum atomic E-state index is -0.299. The quantitative estimate of drug-likeness (QED) is 0.798. The minimum absolute atomic E-state index is 0.0346. The van der Waals surface area contributed by atoms with Crippen LogP contribution >= 0.6 is 11.3 Å². The van der Waals surface area contributed by atoms with Crippen LogP contribution in [0.2, 0.25) is 0 Å².